The van der Waals surface area contributed by atoms with E-state index in [9.17, 15) is 14.0 Å². The maximum absolute atomic E-state index is 14.6. The molecule has 6 nitrogen and oxygen atoms in total. The van der Waals surface area contributed by atoms with Gasteiger partial charge in [-0.3, -0.25) is 19.6 Å². The summed E-state index contributed by atoms with van der Waals surface area (Å²) in [6, 6.07) is 11.8. The predicted molar refractivity (Wildman–Crippen MR) is 123 cm³/mol. The highest BCUT2D eigenvalue weighted by Gasteiger charge is 2.15. The average molecular weight is 435 g/mol. The van der Waals surface area contributed by atoms with Gasteiger partial charge in [-0.15, -0.1) is 0 Å². The molecular formula is C25H27FN4O2. The number of hydrogen-bond donors (Lipinski definition) is 1. The number of nitrogens with one attached hydrogen (secondary N) is 1. The van der Waals surface area contributed by atoms with Crippen LogP contribution in [0.3, 0.4) is 0 Å². The summed E-state index contributed by atoms with van der Waals surface area (Å²) >= 11 is 0. The molecule has 1 aromatic carbocycles. The molecule has 0 bridgehead atoms. The van der Waals surface area contributed by atoms with Crippen molar-refractivity contribution in [2.45, 2.75) is 40.2 Å². The van der Waals surface area contributed by atoms with Gasteiger partial charge in [0, 0.05) is 43.2 Å². The summed E-state index contributed by atoms with van der Waals surface area (Å²) in [4.78, 5) is 34.5. The van der Waals surface area contributed by atoms with Crippen molar-refractivity contribution in [2.75, 3.05) is 11.9 Å². The van der Waals surface area contributed by atoms with E-state index in [1.165, 1.54) is 17.2 Å². The first-order valence-corrected chi connectivity index (χ1v) is 10.5. The lowest BCUT2D eigenvalue weighted by molar-refractivity contribution is -0.118. The van der Waals surface area contributed by atoms with E-state index in [2.05, 4.69) is 15.3 Å². The van der Waals surface area contributed by atoms with Gasteiger partial charge in [0.05, 0.1) is 16.9 Å². The van der Waals surface area contributed by atoms with Gasteiger partial charge in [-0.1, -0.05) is 19.1 Å². The summed E-state index contributed by atoms with van der Waals surface area (Å²) in [6.45, 7) is 6.11. The largest absolute Gasteiger partial charge is 0.348 e. The maximum atomic E-state index is 14.6. The van der Waals surface area contributed by atoms with Crippen LogP contribution in [0.25, 0.3) is 11.3 Å². The Hall–Kier alpha value is -3.61. The van der Waals surface area contributed by atoms with E-state index in [-0.39, 0.29) is 17.5 Å². The first-order chi connectivity index (χ1) is 15.3. The van der Waals surface area contributed by atoms with Crippen LogP contribution < -0.4 is 10.2 Å². The number of halogens is 1. The van der Waals surface area contributed by atoms with Crippen LogP contribution >= 0.6 is 0 Å². The molecule has 0 saturated carbocycles. The molecule has 0 aliphatic carbocycles. The van der Waals surface area contributed by atoms with E-state index in [1.54, 1.807) is 31.3 Å². The first-order valence-electron chi connectivity index (χ1n) is 10.5. The normalized spacial score (nSPS) is 10.7. The summed E-state index contributed by atoms with van der Waals surface area (Å²) in [6.07, 6.45) is 2.53. The lowest BCUT2D eigenvalue weighted by Crippen LogP contribution is -2.26. The minimum atomic E-state index is -0.500. The molecule has 0 aliphatic heterocycles. The minimum absolute atomic E-state index is 0.135. The first kappa shape index (κ1) is 23.1. The van der Waals surface area contributed by atoms with Gasteiger partial charge in [0.1, 0.15) is 5.82 Å². The summed E-state index contributed by atoms with van der Waals surface area (Å²) < 4.78 is 14.6. The molecule has 3 aromatic rings. The molecule has 166 valence electrons. The Morgan fingerprint density at radius 3 is 2.50 bits per heavy atom. The Morgan fingerprint density at radius 2 is 1.88 bits per heavy atom. The molecule has 0 unspecified atom stereocenters. The number of benzene rings is 1. The molecule has 0 fully saturated rings. The molecule has 3 rings (SSSR count). The number of amides is 2. The number of aromatic nitrogens is 2. The molecule has 2 heterocycles. The lowest BCUT2D eigenvalue weighted by atomic mass is 10.1. The van der Waals surface area contributed by atoms with Crippen LogP contribution in [-0.4, -0.2) is 28.8 Å². The van der Waals surface area contributed by atoms with Gasteiger partial charge < -0.3 is 10.2 Å². The summed E-state index contributed by atoms with van der Waals surface area (Å²) in [5, 5.41) is 2.87. The predicted octanol–water partition coefficient (Wildman–Crippen LogP) is 4.59. The van der Waals surface area contributed by atoms with Crippen molar-refractivity contribution in [3.8, 4) is 11.3 Å². The van der Waals surface area contributed by atoms with Crippen LogP contribution in [0.1, 0.15) is 47.1 Å². The molecular weight excluding hydrogens is 407 g/mol. The Balaban J connectivity index is 1.69. The number of nitrogens with zero attached hydrogens (tertiary/aromatic N) is 3. The third-order valence-electron chi connectivity index (χ3n) is 5.24. The van der Waals surface area contributed by atoms with Crippen molar-refractivity contribution >= 4 is 17.5 Å². The Labute approximate surface area is 187 Å². The lowest BCUT2D eigenvalue weighted by Gasteiger charge is -2.18. The van der Waals surface area contributed by atoms with Gasteiger partial charge in [0.15, 0.2) is 0 Å². The van der Waals surface area contributed by atoms with Crippen molar-refractivity contribution in [1.29, 1.82) is 0 Å². The molecule has 7 heteroatoms. The second-order valence-corrected chi connectivity index (χ2v) is 7.68. The smallest absolute Gasteiger partial charge is 0.253 e. The van der Waals surface area contributed by atoms with Gasteiger partial charge in [-0.25, -0.2) is 4.39 Å². The van der Waals surface area contributed by atoms with Crippen LogP contribution in [0.15, 0.2) is 48.7 Å². The molecule has 1 N–H and O–H groups in total. The Kier molecular flexibility index (Phi) is 7.30. The van der Waals surface area contributed by atoms with Gasteiger partial charge in [0.2, 0.25) is 5.91 Å². The monoisotopic (exact) mass is 434 g/mol. The second-order valence-electron chi connectivity index (χ2n) is 7.68. The number of pyridine rings is 2. The Morgan fingerprint density at radius 1 is 1.09 bits per heavy atom. The van der Waals surface area contributed by atoms with E-state index >= 15 is 0 Å². The Bertz CT molecular complexity index is 1130. The fourth-order valence-electron chi connectivity index (χ4n) is 3.33. The van der Waals surface area contributed by atoms with Crippen LogP contribution in [0.2, 0.25) is 0 Å². The van der Waals surface area contributed by atoms with Crippen molar-refractivity contribution in [3.05, 3.63) is 77.0 Å². The zero-order valence-corrected chi connectivity index (χ0v) is 18.8. The third kappa shape index (κ3) is 5.35. The van der Waals surface area contributed by atoms with Gasteiger partial charge in [-0.05, 0) is 56.2 Å². The second kappa shape index (κ2) is 10.1. The minimum Gasteiger partial charge on any atom is -0.348 e. The molecule has 0 aliphatic rings. The molecule has 0 saturated heterocycles. The average Bonchev–Trinajstić information content (AvgIpc) is 2.78. The highest BCUT2D eigenvalue weighted by atomic mass is 19.1. The standard InChI is InChI=1S/C25H27FN4O2/c1-5-6-24(31)30(4)23-12-10-18(13-21(23)26)22-11-9-20(15-27-22)25(32)28-14-19-8-7-16(2)29-17(19)3/h7-13,15H,5-6,14H2,1-4H3,(H,28,32). The van der Waals surface area contributed by atoms with Gasteiger partial charge in [0.25, 0.3) is 5.91 Å². The number of rotatable bonds is 7. The summed E-state index contributed by atoms with van der Waals surface area (Å²) in [7, 11) is 1.57. The number of aryl methyl sites for hydroxylation is 2. The number of carbonyl (C=O) groups excluding carboxylic acids is 2. The van der Waals surface area contributed by atoms with Crippen LogP contribution in [0, 0.1) is 19.7 Å². The zero-order chi connectivity index (χ0) is 23.3. The summed E-state index contributed by atoms with van der Waals surface area (Å²) in [5.74, 6) is -0.883. The van der Waals surface area contributed by atoms with E-state index in [0.29, 0.717) is 36.2 Å². The molecule has 0 atom stereocenters. The van der Waals surface area contributed by atoms with Crippen molar-refractivity contribution in [1.82, 2.24) is 15.3 Å². The van der Waals surface area contributed by atoms with Crippen molar-refractivity contribution < 1.29 is 14.0 Å². The fourth-order valence-corrected chi connectivity index (χ4v) is 3.33. The van der Waals surface area contributed by atoms with Crippen molar-refractivity contribution in [2.24, 2.45) is 0 Å². The van der Waals surface area contributed by atoms with Crippen LogP contribution in [0.5, 0.6) is 0 Å². The summed E-state index contributed by atoms with van der Waals surface area (Å²) in [5.41, 5.74) is 4.50. The number of carbonyl (C=O) groups is 2. The highest BCUT2D eigenvalue weighted by molar-refractivity contribution is 5.94. The quantitative estimate of drug-likeness (QED) is 0.590. The van der Waals surface area contributed by atoms with Crippen LogP contribution in [-0.2, 0) is 11.3 Å². The molecule has 2 amide bonds. The van der Waals surface area contributed by atoms with E-state index in [4.69, 9.17) is 0 Å². The fraction of sp³-hybridized carbons (Fsp3) is 0.280. The molecule has 0 spiro atoms. The molecule has 0 radical (unpaired) electrons. The van der Waals surface area contributed by atoms with Gasteiger partial charge in [-0.2, -0.15) is 0 Å². The molecule has 32 heavy (non-hydrogen) atoms. The van der Waals surface area contributed by atoms with Crippen LogP contribution in [0.4, 0.5) is 10.1 Å². The topological polar surface area (TPSA) is 75.2 Å². The van der Waals surface area contributed by atoms with Crippen molar-refractivity contribution in [3.63, 3.8) is 0 Å². The zero-order valence-electron chi connectivity index (χ0n) is 18.8. The maximum Gasteiger partial charge on any atom is 0.253 e. The number of anilines is 1. The van der Waals surface area contributed by atoms with E-state index in [0.717, 1.165) is 17.0 Å². The SMILES string of the molecule is CCCC(=O)N(C)c1ccc(-c2ccc(C(=O)NCc3ccc(C)nc3C)cn2)cc1F. The molecule has 2 aromatic heterocycles. The van der Waals surface area contributed by atoms with E-state index < -0.39 is 5.82 Å². The van der Waals surface area contributed by atoms with E-state index in [1.807, 2.05) is 32.9 Å². The highest BCUT2D eigenvalue weighted by Crippen LogP contribution is 2.25. The van der Waals surface area contributed by atoms with Gasteiger partial charge >= 0.3 is 0 Å². The third-order valence-corrected chi connectivity index (χ3v) is 5.24. The number of hydrogen-bond acceptors (Lipinski definition) is 4.